The van der Waals surface area contributed by atoms with Crippen molar-refractivity contribution in [1.82, 2.24) is 9.88 Å². The second-order valence-electron chi connectivity index (χ2n) is 3.05. The van der Waals surface area contributed by atoms with Gasteiger partial charge >= 0.3 is 0 Å². The van der Waals surface area contributed by atoms with Crippen molar-refractivity contribution in [3.05, 3.63) is 29.6 Å². The van der Waals surface area contributed by atoms with Crippen LogP contribution in [0.15, 0.2) is 18.3 Å². The van der Waals surface area contributed by atoms with Crippen LogP contribution in [0.25, 0.3) is 0 Å². The summed E-state index contributed by atoms with van der Waals surface area (Å²) in [6.07, 6.45) is 1.75. The number of hydrogen-bond acceptors (Lipinski definition) is 2. The molecule has 0 aliphatic carbocycles. The topological polar surface area (TPSA) is 39.8 Å². The number of nitrogens with one attached hydrogen (secondary N) is 1. The predicted molar refractivity (Wildman–Crippen MR) is 47.4 cm³/mol. The summed E-state index contributed by atoms with van der Waals surface area (Å²) in [5, 5.41) is 7.71. The molecular weight excluding hydrogens is 150 g/mol. The summed E-state index contributed by atoms with van der Waals surface area (Å²) in [4.78, 5) is 6.12. The molecule has 0 spiro atoms. The molecule has 2 heterocycles. The minimum Gasteiger partial charge on any atom is -0.352 e. The Balaban J connectivity index is 2.26. The lowest BCUT2D eigenvalue weighted by molar-refractivity contribution is 0.829. The van der Waals surface area contributed by atoms with E-state index in [2.05, 4.69) is 4.98 Å². The fourth-order valence-electron chi connectivity index (χ4n) is 1.10. The third-order valence-corrected chi connectivity index (χ3v) is 1.92. The van der Waals surface area contributed by atoms with Crippen molar-refractivity contribution in [1.29, 1.82) is 5.41 Å². The lowest BCUT2D eigenvalue weighted by Gasteiger charge is -2.03. The summed E-state index contributed by atoms with van der Waals surface area (Å²) in [5.41, 5.74) is 1.94. The maximum Gasteiger partial charge on any atom is 0.147 e. The fraction of sp³-hybridized carbons (Fsp3) is 0.333. The highest BCUT2D eigenvalue weighted by Crippen LogP contribution is 2.10. The molecule has 1 aliphatic rings. The molecule has 0 bridgehead atoms. The molecule has 1 saturated heterocycles. The summed E-state index contributed by atoms with van der Waals surface area (Å²) < 4.78 is 0. The number of aryl methyl sites for hydroxylation is 1. The van der Waals surface area contributed by atoms with Gasteiger partial charge in [0.15, 0.2) is 0 Å². The van der Waals surface area contributed by atoms with E-state index < -0.39 is 0 Å². The monoisotopic (exact) mass is 161 g/mol. The van der Waals surface area contributed by atoms with Gasteiger partial charge in [0.2, 0.25) is 0 Å². The van der Waals surface area contributed by atoms with Gasteiger partial charge in [-0.25, -0.2) is 0 Å². The van der Waals surface area contributed by atoms with Crippen LogP contribution in [0.3, 0.4) is 0 Å². The largest absolute Gasteiger partial charge is 0.352 e. The first-order valence-corrected chi connectivity index (χ1v) is 4.04. The summed E-state index contributed by atoms with van der Waals surface area (Å²) in [5.74, 6) is 0.554. The second-order valence-corrected chi connectivity index (χ2v) is 3.05. The molecule has 0 saturated carbocycles. The van der Waals surface area contributed by atoms with Crippen LogP contribution in [-0.2, 0) is 0 Å². The van der Waals surface area contributed by atoms with Gasteiger partial charge in [0.05, 0.1) is 0 Å². The highest BCUT2D eigenvalue weighted by Gasteiger charge is 2.22. The molecule has 12 heavy (non-hydrogen) atoms. The lowest BCUT2D eigenvalue weighted by atomic mass is 10.2. The van der Waals surface area contributed by atoms with Gasteiger partial charge in [0.1, 0.15) is 11.5 Å². The van der Waals surface area contributed by atoms with Crippen LogP contribution in [0.5, 0.6) is 0 Å². The third kappa shape index (κ3) is 1.30. The Morgan fingerprint density at radius 1 is 1.58 bits per heavy atom. The second kappa shape index (κ2) is 2.59. The molecule has 1 aromatic heterocycles. The molecule has 0 aromatic carbocycles. The molecule has 1 aromatic rings. The van der Waals surface area contributed by atoms with Crippen LogP contribution in [0.4, 0.5) is 0 Å². The third-order valence-electron chi connectivity index (χ3n) is 1.92. The highest BCUT2D eigenvalue weighted by atomic mass is 15.3. The maximum absolute atomic E-state index is 7.71. The maximum atomic E-state index is 7.71. The molecule has 62 valence electrons. The molecule has 1 fully saturated rings. The molecule has 1 aliphatic heterocycles. The fourth-order valence-corrected chi connectivity index (χ4v) is 1.10. The van der Waals surface area contributed by atoms with E-state index in [1.54, 1.807) is 6.20 Å². The summed E-state index contributed by atoms with van der Waals surface area (Å²) in [7, 11) is 0. The molecule has 0 radical (unpaired) electrons. The van der Waals surface area contributed by atoms with Crippen LogP contribution in [0, 0.1) is 12.3 Å². The standard InChI is InChI=1S/C9H11N3/c1-7-2-3-11-8(6-7)9(10)12-4-5-12/h2-3,6,10H,4-5H2,1H3. The Morgan fingerprint density at radius 3 is 2.92 bits per heavy atom. The Labute approximate surface area is 71.6 Å². The molecule has 0 amide bonds. The van der Waals surface area contributed by atoms with E-state index >= 15 is 0 Å². The lowest BCUT2D eigenvalue weighted by Crippen LogP contribution is -2.12. The summed E-state index contributed by atoms with van der Waals surface area (Å²) >= 11 is 0. The van der Waals surface area contributed by atoms with Crippen molar-refractivity contribution in [2.45, 2.75) is 6.92 Å². The van der Waals surface area contributed by atoms with Gasteiger partial charge < -0.3 is 4.90 Å². The van der Waals surface area contributed by atoms with Crippen molar-refractivity contribution in [2.75, 3.05) is 13.1 Å². The van der Waals surface area contributed by atoms with E-state index in [-0.39, 0.29) is 0 Å². The van der Waals surface area contributed by atoms with E-state index in [9.17, 15) is 0 Å². The number of rotatable bonds is 1. The van der Waals surface area contributed by atoms with E-state index in [0.29, 0.717) is 5.84 Å². The van der Waals surface area contributed by atoms with Crippen LogP contribution < -0.4 is 0 Å². The zero-order valence-electron chi connectivity index (χ0n) is 7.04. The average molecular weight is 161 g/mol. The van der Waals surface area contributed by atoms with E-state index in [1.807, 2.05) is 24.0 Å². The Bertz CT molecular complexity index is 315. The van der Waals surface area contributed by atoms with Crippen molar-refractivity contribution in [3.63, 3.8) is 0 Å². The van der Waals surface area contributed by atoms with Gasteiger partial charge in [-0.05, 0) is 24.6 Å². The van der Waals surface area contributed by atoms with Crippen molar-refractivity contribution < 1.29 is 0 Å². The van der Waals surface area contributed by atoms with Gasteiger partial charge in [-0.2, -0.15) is 0 Å². The summed E-state index contributed by atoms with van der Waals surface area (Å²) in [6, 6.07) is 3.89. The van der Waals surface area contributed by atoms with Gasteiger partial charge in [-0.3, -0.25) is 10.4 Å². The zero-order chi connectivity index (χ0) is 8.55. The number of nitrogens with zero attached hydrogens (tertiary/aromatic N) is 2. The Kier molecular flexibility index (Phi) is 1.57. The molecule has 0 atom stereocenters. The molecular formula is C9H11N3. The quantitative estimate of drug-likeness (QED) is 0.379. The number of amidine groups is 1. The van der Waals surface area contributed by atoms with Gasteiger partial charge in [0, 0.05) is 19.3 Å². The minimum atomic E-state index is 0.554. The first-order chi connectivity index (χ1) is 5.77. The smallest absolute Gasteiger partial charge is 0.147 e. The van der Waals surface area contributed by atoms with Gasteiger partial charge in [-0.15, -0.1) is 0 Å². The highest BCUT2D eigenvalue weighted by molar-refractivity contribution is 5.95. The van der Waals surface area contributed by atoms with Crippen LogP contribution in [-0.4, -0.2) is 28.8 Å². The molecule has 0 unspecified atom stereocenters. The molecule has 3 nitrogen and oxygen atoms in total. The van der Waals surface area contributed by atoms with Crippen LogP contribution in [0.1, 0.15) is 11.3 Å². The Hall–Kier alpha value is -1.38. The zero-order valence-corrected chi connectivity index (χ0v) is 7.04. The SMILES string of the molecule is Cc1ccnc(C(=N)N2CC2)c1. The number of pyridine rings is 1. The van der Waals surface area contributed by atoms with Gasteiger partial charge in [0.25, 0.3) is 0 Å². The van der Waals surface area contributed by atoms with E-state index in [4.69, 9.17) is 5.41 Å². The molecule has 1 N–H and O–H groups in total. The van der Waals surface area contributed by atoms with Crippen LogP contribution >= 0.6 is 0 Å². The average Bonchev–Trinajstić information content (AvgIpc) is 2.85. The van der Waals surface area contributed by atoms with Gasteiger partial charge in [-0.1, -0.05) is 0 Å². The Morgan fingerprint density at radius 2 is 2.33 bits per heavy atom. The normalized spacial score (nSPS) is 14.6. The minimum absolute atomic E-state index is 0.554. The first kappa shape index (κ1) is 7.28. The first-order valence-electron chi connectivity index (χ1n) is 4.04. The van der Waals surface area contributed by atoms with Crippen molar-refractivity contribution in [3.8, 4) is 0 Å². The molecule has 2 rings (SSSR count). The van der Waals surface area contributed by atoms with E-state index in [1.165, 1.54) is 0 Å². The predicted octanol–water partition coefficient (Wildman–Crippen LogP) is 1.03. The van der Waals surface area contributed by atoms with E-state index in [0.717, 1.165) is 24.3 Å². The molecule has 3 heteroatoms. The van der Waals surface area contributed by atoms with Crippen molar-refractivity contribution in [2.24, 2.45) is 0 Å². The van der Waals surface area contributed by atoms with Crippen molar-refractivity contribution >= 4 is 5.84 Å². The summed E-state index contributed by atoms with van der Waals surface area (Å²) in [6.45, 7) is 4.03. The number of hydrogen-bond donors (Lipinski definition) is 1. The van der Waals surface area contributed by atoms with Crippen LogP contribution in [0.2, 0.25) is 0 Å². The number of aromatic nitrogens is 1.